The molecule has 100 valence electrons. The van der Waals surface area contributed by atoms with Gasteiger partial charge >= 0.3 is 0 Å². The van der Waals surface area contributed by atoms with E-state index in [-0.39, 0.29) is 11.9 Å². The van der Waals surface area contributed by atoms with Gasteiger partial charge in [-0.05, 0) is 43.0 Å². The summed E-state index contributed by atoms with van der Waals surface area (Å²) in [6.07, 6.45) is 2.99. The van der Waals surface area contributed by atoms with Crippen LogP contribution in [-0.4, -0.2) is 34.3 Å². The molecule has 2 aromatic rings. The maximum absolute atomic E-state index is 9.17. The van der Waals surface area contributed by atoms with Crippen molar-refractivity contribution in [2.75, 3.05) is 18.1 Å². The van der Waals surface area contributed by atoms with Gasteiger partial charge in [-0.15, -0.1) is 0 Å². The standard InChI is InChI=1S/C14H16ClN3O/c15-14-16-12-6-2-1-5-11(12)13(17-14)18-8-3-4-10(18)7-9-19/h1-2,5-6,10,19H,3-4,7-9H2. The molecule has 0 aliphatic carbocycles. The van der Waals surface area contributed by atoms with Crippen LogP contribution in [0.25, 0.3) is 10.9 Å². The first kappa shape index (κ1) is 12.6. The molecule has 4 nitrogen and oxygen atoms in total. The molecule has 0 spiro atoms. The molecule has 5 heteroatoms. The van der Waals surface area contributed by atoms with Crippen LogP contribution in [-0.2, 0) is 0 Å². The molecule has 1 aliphatic rings. The van der Waals surface area contributed by atoms with Crippen molar-refractivity contribution in [1.82, 2.24) is 9.97 Å². The van der Waals surface area contributed by atoms with E-state index < -0.39 is 0 Å². The number of rotatable bonds is 3. The molecular weight excluding hydrogens is 262 g/mol. The number of anilines is 1. The van der Waals surface area contributed by atoms with Gasteiger partial charge in [0.15, 0.2) is 0 Å². The Morgan fingerprint density at radius 1 is 1.32 bits per heavy atom. The molecule has 19 heavy (non-hydrogen) atoms. The Morgan fingerprint density at radius 3 is 3.00 bits per heavy atom. The first-order valence-electron chi connectivity index (χ1n) is 6.59. The lowest BCUT2D eigenvalue weighted by Gasteiger charge is -2.26. The van der Waals surface area contributed by atoms with E-state index in [2.05, 4.69) is 14.9 Å². The number of para-hydroxylation sites is 1. The van der Waals surface area contributed by atoms with Gasteiger partial charge in [0, 0.05) is 24.6 Å². The van der Waals surface area contributed by atoms with Crippen LogP contribution >= 0.6 is 11.6 Å². The minimum Gasteiger partial charge on any atom is -0.396 e. The van der Waals surface area contributed by atoms with E-state index in [1.54, 1.807) is 0 Å². The summed E-state index contributed by atoms with van der Waals surface area (Å²) in [5, 5.41) is 10.5. The van der Waals surface area contributed by atoms with Crippen molar-refractivity contribution >= 4 is 28.3 Å². The number of fused-ring (bicyclic) bond motifs is 1. The number of hydrogen-bond acceptors (Lipinski definition) is 4. The molecule has 1 saturated heterocycles. The van der Waals surface area contributed by atoms with E-state index in [0.717, 1.165) is 42.5 Å². The molecule has 1 N–H and O–H groups in total. The van der Waals surface area contributed by atoms with Crippen LogP contribution in [0.2, 0.25) is 5.28 Å². The van der Waals surface area contributed by atoms with E-state index in [1.165, 1.54) is 0 Å². The van der Waals surface area contributed by atoms with Crippen molar-refractivity contribution in [3.63, 3.8) is 0 Å². The van der Waals surface area contributed by atoms with Crippen molar-refractivity contribution in [3.05, 3.63) is 29.5 Å². The molecule has 1 aliphatic heterocycles. The second-order valence-electron chi connectivity index (χ2n) is 4.84. The smallest absolute Gasteiger partial charge is 0.224 e. The minimum atomic E-state index is 0.206. The van der Waals surface area contributed by atoms with E-state index in [4.69, 9.17) is 11.6 Å². The summed E-state index contributed by atoms with van der Waals surface area (Å²) in [6, 6.07) is 8.25. The zero-order valence-corrected chi connectivity index (χ0v) is 11.3. The maximum atomic E-state index is 9.17. The number of halogens is 1. The van der Waals surface area contributed by atoms with Crippen LogP contribution in [0.3, 0.4) is 0 Å². The number of benzene rings is 1. The highest BCUT2D eigenvalue weighted by atomic mass is 35.5. The Bertz CT molecular complexity index is 590. The fraction of sp³-hybridized carbons (Fsp3) is 0.429. The average molecular weight is 278 g/mol. The fourth-order valence-corrected chi connectivity index (χ4v) is 2.99. The van der Waals surface area contributed by atoms with Gasteiger partial charge in [0.05, 0.1) is 5.52 Å². The topological polar surface area (TPSA) is 49.2 Å². The molecule has 1 aromatic heterocycles. The van der Waals surface area contributed by atoms with Crippen molar-refractivity contribution in [2.24, 2.45) is 0 Å². The molecule has 1 fully saturated rings. The number of nitrogens with zero attached hydrogens (tertiary/aromatic N) is 3. The Morgan fingerprint density at radius 2 is 2.16 bits per heavy atom. The number of hydrogen-bond donors (Lipinski definition) is 1. The monoisotopic (exact) mass is 277 g/mol. The van der Waals surface area contributed by atoms with Crippen LogP contribution in [0.15, 0.2) is 24.3 Å². The third-order valence-electron chi connectivity index (χ3n) is 3.67. The van der Waals surface area contributed by atoms with E-state index in [1.807, 2.05) is 24.3 Å². The number of aliphatic hydroxyl groups is 1. The predicted octanol–water partition coefficient (Wildman–Crippen LogP) is 2.63. The average Bonchev–Trinajstić information content (AvgIpc) is 2.86. The second kappa shape index (κ2) is 5.31. The van der Waals surface area contributed by atoms with Crippen molar-refractivity contribution < 1.29 is 5.11 Å². The van der Waals surface area contributed by atoms with Gasteiger partial charge in [-0.3, -0.25) is 0 Å². The molecular formula is C14H16ClN3O. The van der Waals surface area contributed by atoms with Gasteiger partial charge in [-0.1, -0.05) is 12.1 Å². The van der Waals surface area contributed by atoms with Crippen molar-refractivity contribution in [1.29, 1.82) is 0 Å². The molecule has 3 rings (SSSR count). The Hall–Kier alpha value is -1.39. The van der Waals surface area contributed by atoms with E-state index in [9.17, 15) is 5.11 Å². The first-order chi connectivity index (χ1) is 9.29. The summed E-state index contributed by atoms with van der Waals surface area (Å²) in [6.45, 7) is 1.17. The summed E-state index contributed by atoms with van der Waals surface area (Å²) in [5.74, 6) is 0.895. The fourth-order valence-electron chi connectivity index (χ4n) is 2.81. The number of aliphatic hydroxyl groups excluding tert-OH is 1. The van der Waals surface area contributed by atoms with Gasteiger partial charge in [-0.2, -0.15) is 4.98 Å². The minimum absolute atomic E-state index is 0.206. The maximum Gasteiger partial charge on any atom is 0.224 e. The van der Waals surface area contributed by atoms with Crippen LogP contribution in [0, 0.1) is 0 Å². The lowest BCUT2D eigenvalue weighted by molar-refractivity contribution is 0.275. The first-order valence-corrected chi connectivity index (χ1v) is 6.97. The highest BCUT2D eigenvalue weighted by Crippen LogP contribution is 2.31. The largest absolute Gasteiger partial charge is 0.396 e. The highest BCUT2D eigenvalue weighted by molar-refractivity contribution is 6.28. The Labute approximate surface area is 117 Å². The van der Waals surface area contributed by atoms with E-state index in [0.29, 0.717) is 6.04 Å². The van der Waals surface area contributed by atoms with E-state index >= 15 is 0 Å². The van der Waals surface area contributed by atoms with Gasteiger partial charge in [0.1, 0.15) is 5.82 Å². The zero-order valence-electron chi connectivity index (χ0n) is 10.6. The van der Waals surface area contributed by atoms with Gasteiger partial charge in [-0.25, -0.2) is 4.98 Å². The summed E-state index contributed by atoms with van der Waals surface area (Å²) in [7, 11) is 0. The van der Waals surface area contributed by atoms with Crippen molar-refractivity contribution in [2.45, 2.75) is 25.3 Å². The molecule has 0 radical (unpaired) electrons. The van der Waals surface area contributed by atoms with Gasteiger partial charge in [0.2, 0.25) is 5.28 Å². The summed E-state index contributed by atoms with van der Waals surface area (Å²) >= 11 is 6.03. The van der Waals surface area contributed by atoms with Crippen LogP contribution in [0.1, 0.15) is 19.3 Å². The van der Waals surface area contributed by atoms with Crippen LogP contribution < -0.4 is 4.90 Å². The molecule has 1 atom stereocenters. The van der Waals surface area contributed by atoms with Gasteiger partial charge < -0.3 is 10.0 Å². The van der Waals surface area contributed by atoms with Crippen LogP contribution in [0.4, 0.5) is 5.82 Å². The lowest BCUT2D eigenvalue weighted by atomic mass is 10.1. The third kappa shape index (κ3) is 2.38. The summed E-state index contributed by atoms with van der Waals surface area (Å²) in [5.41, 5.74) is 0.868. The number of aromatic nitrogens is 2. The Kier molecular flexibility index (Phi) is 3.53. The SMILES string of the molecule is OCCC1CCCN1c1nc(Cl)nc2ccccc12. The molecule has 0 bridgehead atoms. The normalized spacial score (nSPS) is 19.3. The molecule has 0 saturated carbocycles. The van der Waals surface area contributed by atoms with Crippen LogP contribution in [0.5, 0.6) is 0 Å². The second-order valence-corrected chi connectivity index (χ2v) is 5.17. The highest BCUT2D eigenvalue weighted by Gasteiger charge is 2.26. The quantitative estimate of drug-likeness (QED) is 0.876. The van der Waals surface area contributed by atoms with Gasteiger partial charge in [0.25, 0.3) is 0 Å². The molecule has 0 amide bonds. The predicted molar refractivity (Wildman–Crippen MR) is 76.6 cm³/mol. The third-order valence-corrected chi connectivity index (χ3v) is 3.84. The molecule has 1 aromatic carbocycles. The molecule has 2 heterocycles. The Balaban J connectivity index is 2.08. The summed E-state index contributed by atoms with van der Waals surface area (Å²) < 4.78 is 0. The zero-order chi connectivity index (χ0) is 13.2. The molecule has 1 unspecified atom stereocenters. The lowest BCUT2D eigenvalue weighted by Crippen LogP contribution is -2.31. The summed E-state index contributed by atoms with van der Waals surface area (Å²) in [4.78, 5) is 10.9. The van der Waals surface area contributed by atoms with Crippen molar-refractivity contribution in [3.8, 4) is 0 Å².